The molecule has 1 atom stereocenters. The molecule has 1 amide bonds. The Labute approximate surface area is 125 Å². The fraction of sp³-hybridized carbons (Fsp3) is 0.562. The summed E-state index contributed by atoms with van der Waals surface area (Å²) >= 11 is 0. The largest absolute Gasteiger partial charge is 0.318 e. The summed E-state index contributed by atoms with van der Waals surface area (Å²) in [7, 11) is 1.94. The first-order valence-electron chi connectivity index (χ1n) is 7.60. The molecule has 0 saturated carbocycles. The average molecular weight is 293 g/mol. The van der Waals surface area contributed by atoms with Crippen molar-refractivity contribution < 1.29 is 9.18 Å². The van der Waals surface area contributed by atoms with E-state index in [2.05, 4.69) is 10.2 Å². The predicted octanol–water partition coefficient (Wildman–Crippen LogP) is 1.86. The Balaban J connectivity index is 2.01. The second-order valence-electron chi connectivity index (χ2n) is 5.44. The van der Waals surface area contributed by atoms with E-state index < -0.39 is 0 Å². The van der Waals surface area contributed by atoms with Gasteiger partial charge in [-0.15, -0.1) is 0 Å². The lowest BCUT2D eigenvalue weighted by Gasteiger charge is -2.28. The monoisotopic (exact) mass is 293 g/mol. The minimum atomic E-state index is -0.282. The van der Waals surface area contributed by atoms with Crippen LogP contribution >= 0.6 is 0 Å². The van der Waals surface area contributed by atoms with Crippen molar-refractivity contribution in [1.82, 2.24) is 10.2 Å². The fourth-order valence-corrected chi connectivity index (χ4v) is 2.95. The molecule has 5 heteroatoms. The summed E-state index contributed by atoms with van der Waals surface area (Å²) in [6.45, 7) is 4.85. The molecule has 0 aliphatic carbocycles. The third-order valence-electron chi connectivity index (χ3n) is 4.03. The Kier molecular flexibility index (Phi) is 5.70. The lowest BCUT2D eigenvalue weighted by molar-refractivity contribution is -0.119. The van der Waals surface area contributed by atoms with Crippen LogP contribution in [-0.2, 0) is 4.79 Å². The van der Waals surface area contributed by atoms with Crippen molar-refractivity contribution in [2.75, 3.05) is 38.1 Å². The van der Waals surface area contributed by atoms with E-state index >= 15 is 0 Å². The number of anilines is 1. The Bertz CT molecular complexity index is 463. The second kappa shape index (κ2) is 7.52. The van der Waals surface area contributed by atoms with Crippen molar-refractivity contribution in [2.45, 2.75) is 25.8 Å². The number of amides is 1. The lowest BCUT2D eigenvalue weighted by atomic mass is 10.2. The smallest absolute Gasteiger partial charge is 0.241 e. The van der Waals surface area contributed by atoms with Gasteiger partial charge in [-0.1, -0.05) is 0 Å². The third-order valence-corrected chi connectivity index (χ3v) is 4.03. The van der Waals surface area contributed by atoms with Gasteiger partial charge in [0.15, 0.2) is 0 Å². The zero-order valence-electron chi connectivity index (χ0n) is 12.8. The SMILES string of the molecule is CCN(C(=O)CN1CCCC1CNC)c1ccc(F)cc1. The summed E-state index contributed by atoms with van der Waals surface area (Å²) < 4.78 is 13.0. The van der Waals surface area contributed by atoms with Crippen molar-refractivity contribution in [3.63, 3.8) is 0 Å². The average Bonchev–Trinajstić information content (AvgIpc) is 2.89. The van der Waals surface area contributed by atoms with E-state index in [9.17, 15) is 9.18 Å². The molecule has 1 aliphatic heterocycles. The number of likely N-dealkylation sites (tertiary alicyclic amines) is 1. The lowest BCUT2D eigenvalue weighted by Crippen LogP contribution is -2.44. The number of carbonyl (C=O) groups excluding carboxylic acids is 1. The highest BCUT2D eigenvalue weighted by atomic mass is 19.1. The van der Waals surface area contributed by atoms with Crippen LogP contribution in [0, 0.1) is 5.82 Å². The van der Waals surface area contributed by atoms with Gasteiger partial charge in [-0.3, -0.25) is 9.69 Å². The zero-order chi connectivity index (χ0) is 15.2. The van der Waals surface area contributed by atoms with Gasteiger partial charge in [0.05, 0.1) is 6.54 Å². The number of nitrogens with zero attached hydrogens (tertiary/aromatic N) is 2. The molecule has 0 radical (unpaired) electrons. The zero-order valence-corrected chi connectivity index (χ0v) is 12.8. The van der Waals surface area contributed by atoms with Gasteiger partial charge in [0.1, 0.15) is 5.82 Å². The molecule has 1 unspecified atom stereocenters. The van der Waals surface area contributed by atoms with Crippen molar-refractivity contribution in [3.05, 3.63) is 30.1 Å². The quantitative estimate of drug-likeness (QED) is 0.869. The molecule has 0 bridgehead atoms. The molecule has 21 heavy (non-hydrogen) atoms. The topological polar surface area (TPSA) is 35.6 Å². The molecule has 0 spiro atoms. The minimum absolute atomic E-state index is 0.0760. The van der Waals surface area contributed by atoms with Crippen molar-refractivity contribution in [2.24, 2.45) is 0 Å². The summed E-state index contributed by atoms with van der Waals surface area (Å²) in [4.78, 5) is 16.5. The minimum Gasteiger partial charge on any atom is -0.318 e. The molecule has 4 nitrogen and oxygen atoms in total. The number of nitrogens with one attached hydrogen (secondary N) is 1. The van der Waals surface area contributed by atoms with E-state index in [1.54, 1.807) is 17.0 Å². The molecular formula is C16H24FN3O. The molecule has 2 rings (SSSR count). The fourth-order valence-electron chi connectivity index (χ4n) is 2.95. The Hall–Kier alpha value is -1.46. The maximum Gasteiger partial charge on any atom is 0.241 e. The highest BCUT2D eigenvalue weighted by molar-refractivity contribution is 5.94. The number of likely N-dealkylation sites (N-methyl/N-ethyl adjacent to an activating group) is 2. The van der Waals surface area contributed by atoms with Crippen LogP contribution in [0.2, 0.25) is 0 Å². The van der Waals surface area contributed by atoms with E-state index in [1.165, 1.54) is 12.1 Å². The van der Waals surface area contributed by atoms with Crippen LogP contribution in [0.15, 0.2) is 24.3 Å². The molecule has 1 saturated heterocycles. The molecule has 1 aromatic rings. The van der Waals surface area contributed by atoms with Gasteiger partial charge in [0.2, 0.25) is 5.91 Å². The first kappa shape index (κ1) is 15.9. The number of hydrogen-bond donors (Lipinski definition) is 1. The molecule has 1 heterocycles. The van der Waals surface area contributed by atoms with Gasteiger partial charge < -0.3 is 10.2 Å². The first-order chi connectivity index (χ1) is 10.2. The van der Waals surface area contributed by atoms with Gasteiger partial charge >= 0.3 is 0 Å². The van der Waals surface area contributed by atoms with Crippen molar-refractivity contribution in [1.29, 1.82) is 0 Å². The second-order valence-corrected chi connectivity index (χ2v) is 5.44. The van der Waals surface area contributed by atoms with E-state index in [0.29, 0.717) is 19.1 Å². The number of carbonyl (C=O) groups is 1. The number of halogens is 1. The first-order valence-corrected chi connectivity index (χ1v) is 7.60. The summed E-state index contributed by atoms with van der Waals surface area (Å²) in [6.07, 6.45) is 2.28. The van der Waals surface area contributed by atoms with Crippen molar-refractivity contribution >= 4 is 11.6 Å². The van der Waals surface area contributed by atoms with Crippen LogP contribution in [0.25, 0.3) is 0 Å². The van der Waals surface area contributed by atoms with Crippen LogP contribution in [-0.4, -0.2) is 50.1 Å². The molecule has 1 aliphatic rings. The summed E-state index contributed by atoms with van der Waals surface area (Å²) in [5.74, 6) is -0.206. The maximum atomic E-state index is 13.0. The summed E-state index contributed by atoms with van der Waals surface area (Å²) in [6, 6.07) is 6.54. The molecule has 1 N–H and O–H groups in total. The third kappa shape index (κ3) is 4.02. The van der Waals surface area contributed by atoms with Gasteiger partial charge in [-0.2, -0.15) is 0 Å². The highest BCUT2D eigenvalue weighted by Crippen LogP contribution is 2.19. The van der Waals surface area contributed by atoms with E-state index in [0.717, 1.165) is 31.6 Å². The van der Waals surface area contributed by atoms with Gasteiger partial charge in [0, 0.05) is 24.8 Å². The molecule has 0 aromatic heterocycles. The Morgan fingerprint density at radius 3 is 2.76 bits per heavy atom. The van der Waals surface area contributed by atoms with E-state index in [-0.39, 0.29) is 11.7 Å². The maximum absolute atomic E-state index is 13.0. The highest BCUT2D eigenvalue weighted by Gasteiger charge is 2.27. The number of hydrogen-bond acceptors (Lipinski definition) is 3. The molecule has 116 valence electrons. The van der Waals surface area contributed by atoms with Crippen molar-refractivity contribution in [3.8, 4) is 0 Å². The number of rotatable bonds is 6. The van der Waals surface area contributed by atoms with Crippen LogP contribution < -0.4 is 10.2 Å². The van der Waals surface area contributed by atoms with Gasteiger partial charge in [0.25, 0.3) is 0 Å². The van der Waals surface area contributed by atoms with Gasteiger partial charge in [-0.25, -0.2) is 4.39 Å². The molecule has 1 aromatic carbocycles. The van der Waals surface area contributed by atoms with Gasteiger partial charge in [-0.05, 0) is 57.6 Å². The predicted molar refractivity (Wildman–Crippen MR) is 82.9 cm³/mol. The van der Waals surface area contributed by atoms with E-state index in [1.807, 2.05) is 14.0 Å². The summed E-state index contributed by atoms with van der Waals surface area (Å²) in [5.41, 5.74) is 0.758. The summed E-state index contributed by atoms with van der Waals surface area (Å²) in [5, 5.41) is 3.19. The number of benzene rings is 1. The Morgan fingerprint density at radius 1 is 1.43 bits per heavy atom. The van der Waals surface area contributed by atoms with Crippen LogP contribution in [0.3, 0.4) is 0 Å². The van der Waals surface area contributed by atoms with Crippen LogP contribution in [0.4, 0.5) is 10.1 Å². The van der Waals surface area contributed by atoms with Crippen LogP contribution in [0.5, 0.6) is 0 Å². The molecule has 1 fully saturated rings. The Morgan fingerprint density at radius 2 is 2.14 bits per heavy atom. The van der Waals surface area contributed by atoms with Crippen LogP contribution in [0.1, 0.15) is 19.8 Å². The standard InChI is InChI=1S/C16H24FN3O/c1-3-20(14-8-6-13(17)7-9-14)16(21)12-19-10-4-5-15(19)11-18-2/h6-9,15,18H,3-5,10-12H2,1-2H3. The normalized spacial score (nSPS) is 18.9. The molecular weight excluding hydrogens is 269 g/mol. The van der Waals surface area contributed by atoms with E-state index in [4.69, 9.17) is 0 Å².